The fourth-order valence-corrected chi connectivity index (χ4v) is 3.00. The number of hydrogen-bond acceptors (Lipinski definition) is 4. The highest BCUT2D eigenvalue weighted by molar-refractivity contribution is 7.11. The number of aliphatic carboxylic acids is 1. The van der Waals surface area contributed by atoms with Crippen molar-refractivity contribution in [1.82, 2.24) is 10.3 Å². The standard InChI is InChI=1S/C12H16N2O3S/c1-8-10(18-7-14-8)11(17)13-6-12(3-2-4-12)5-9(15)16/h7H,2-6H2,1H3,(H,13,17)(H,15,16). The minimum Gasteiger partial charge on any atom is -0.481 e. The van der Waals surface area contributed by atoms with Gasteiger partial charge in [-0.15, -0.1) is 11.3 Å². The van der Waals surface area contributed by atoms with Gasteiger partial charge < -0.3 is 10.4 Å². The van der Waals surface area contributed by atoms with E-state index in [4.69, 9.17) is 5.11 Å². The summed E-state index contributed by atoms with van der Waals surface area (Å²) in [6.07, 6.45) is 2.93. The summed E-state index contributed by atoms with van der Waals surface area (Å²) < 4.78 is 0. The minimum atomic E-state index is -0.794. The number of thiazole rings is 1. The third-order valence-electron chi connectivity index (χ3n) is 3.52. The zero-order valence-corrected chi connectivity index (χ0v) is 11.0. The first-order valence-electron chi connectivity index (χ1n) is 5.92. The van der Waals surface area contributed by atoms with Gasteiger partial charge in [-0.1, -0.05) is 6.42 Å². The Morgan fingerprint density at radius 1 is 1.56 bits per heavy atom. The van der Waals surface area contributed by atoms with Crippen LogP contribution in [0, 0.1) is 12.3 Å². The van der Waals surface area contributed by atoms with Crippen molar-refractivity contribution < 1.29 is 14.7 Å². The van der Waals surface area contributed by atoms with Crippen LogP contribution in [0.25, 0.3) is 0 Å². The third-order valence-corrected chi connectivity index (χ3v) is 4.44. The van der Waals surface area contributed by atoms with Gasteiger partial charge in [0, 0.05) is 6.54 Å². The predicted octanol–water partition coefficient (Wildman–Crippen LogP) is 1.83. The SMILES string of the molecule is Cc1ncsc1C(=O)NCC1(CC(=O)O)CCC1. The Labute approximate surface area is 109 Å². The van der Waals surface area contributed by atoms with Gasteiger partial charge in [0.25, 0.3) is 5.91 Å². The van der Waals surface area contributed by atoms with Gasteiger partial charge in [-0.2, -0.15) is 0 Å². The van der Waals surface area contributed by atoms with E-state index in [9.17, 15) is 9.59 Å². The topological polar surface area (TPSA) is 79.3 Å². The average molecular weight is 268 g/mol. The molecule has 0 aromatic carbocycles. The quantitative estimate of drug-likeness (QED) is 0.853. The van der Waals surface area contributed by atoms with Gasteiger partial charge in [0.15, 0.2) is 0 Å². The van der Waals surface area contributed by atoms with Crippen LogP contribution in [0.3, 0.4) is 0 Å². The number of amides is 1. The second-order valence-electron chi connectivity index (χ2n) is 4.87. The van der Waals surface area contributed by atoms with Crippen molar-refractivity contribution in [3.8, 4) is 0 Å². The van der Waals surface area contributed by atoms with Crippen LogP contribution in [-0.2, 0) is 4.79 Å². The van der Waals surface area contributed by atoms with Crippen molar-refractivity contribution in [2.24, 2.45) is 5.41 Å². The zero-order chi connectivity index (χ0) is 13.2. The highest BCUT2D eigenvalue weighted by atomic mass is 32.1. The molecule has 18 heavy (non-hydrogen) atoms. The smallest absolute Gasteiger partial charge is 0.303 e. The summed E-state index contributed by atoms with van der Waals surface area (Å²) in [5.74, 6) is -0.940. The predicted molar refractivity (Wildman–Crippen MR) is 67.7 cm³/mol. The van der Waals surface area contributed by atoms with Crippen LogP contribution in [-0.4, -0.2) is 28.5 Å². The summed E-state index contributed by atoms with van der Waals surface area (Å²) in [5.41, 5.74) is 2.12. The molecule has 0 spiro atoms. The van der Waals surface area contributed by atoms with Crippen LogP contribution in [0.4, 0.5) is 0 Å². The number of aromatic nitrogens is 1. The summed E-state index contributed by atoms with van der Waals surface area (Å²) in [6, 6.07) is 0. The summed E-state index contributed by atoms with van der Waals surface area (Å²) in [6.45, 7) is 2.23. The fourth-order valence-electron chi connectivity index (χ4n) is 2.28. The maximum Gasteiger partial charge on any atom is 0.303 e. The van der Waals surface area contributed by atoms with Crippen molar-refractivity contribution in [2.75, 3.05) is 6.54 Å². The Morgan fingerprint density at radius 3 is 2.72 bits per heavy atom. The number of carboxylic acid groups (broad SMARTS) is 1. The first-order valence-corrected chi connectivity index (χ1v) is 6.80. The molecule has 2 N–H and O–H groups in total. The molecule has 1 aliphatic rings. The molecule has 1 heterocycles. The summed E-state index contributed by atoms with van der Waals surface area (Å²) >= 11 is 1.31. The van der Waals surface area contributed by atoms with Gasteiger partial charge >= 0.3 is 5.97 Å². The Morgan fingerprint density at radius 2 is 2.28 bits per heavy atom. The Kier molecular flexibility index (Phi) is 3.65. The van der Waals surface area contributed by atoms with E-state index >= 15 is 0 Å². The number of carbonyl (C=O) groups excluding carboxylic acids is 1. The maximum atomic E-state index is 11.9. The molecule has 6 heteroatoms. The molecule has 1 amide bonds. The molecular weight excluding hydrogens is 252 g/mol. The van der Waals surface area contributed by atoms with E-state index < -0.39 is 5.97 Å². The van der Waals surface area contributed by atoms with Gasteiger partial charge in [0.2, 0.25) is 0 Å². The van der Waals surface area contributed by atoms with E-state index in [0.29, 0.717) is 11.4 Å². The molecule has 0 radical (unpaired) electrons. The molecule has 5 nitrogen and oxygen atoms in total. The van der Waals surface area contributed by atoms with E-state index in [2.05, 4.69) is 10.3 Å². The molecule has 98 valence electrons. The van der Waals surface area contributed by atoms with Gasteiger partial charge in [-0.05, 0) is 25.2 Å². The Balaban J connectivity index is 1.93. The molecule has 0 unspecified atom stereocenters. The average Bonchev–Trinajstić information content (AvgIpc) is 2.67. The minimum absolute atomic E-state index is 0.134. The monoisotopic (exact) mass is 268 g/mol. The van der Waals surface area contributed by atoms with Crippen molar-refractivity contribution >= 4 is 23.2 Å². The van der Waals surface area contributed by atoms with E-state index in [0.717, 1.165) is 25.0 Å². The van der Waals surface area contributed by atoms with Crippen molar-refractivity contribution in [3.05, 3.63) is 16.1 Å². The molecule has 0 saturated heterocycles. The molecule has 0 atom stereocenters. The van der Waals surface area contributed by atoms with Gasteiger partial charge in [-0.25, -0.2) is 4.98 Å². The number of hydrogen-bond donors (Lipinski definition) is 2. The molecule has 1 saturated carbocycles. The van der Waals surface area contributed by atoms with Gasteiger partial charge in [-0.3, -0.25) is 9.59 Å². The number of carbonyl (C=O) groups is 2. The molecule has 2 rings (SSSR count). The fraction of sp³-hybridized carbons (Fsp3) is 0.583. The van der Waals surface area contributed by atoms with Crippen LogP contribution in [0.15, 0.2) is 5.51 Å². The van der Waals surface area contributed by atoms with Crippen LogP contribution in [0.1, 0.15) is 41.0 Å². The number of nitrogens with one attached hydrogen (secondary N) is 1. The van der Waals surface area contributed by atoms with Crippen LogP contribution < -0.4 is 5.32 Å². The molecule has 1 aliphatic carbocycles. The zero-order valence-electron chi connectivity index (χ0n) is 10.2. The van der Waals surface area contributed by atoms with Crippen molar-refractivity contribution in [1.29, 1.82) is 0 Å². The van der Waals surface area contributed by atoms with Crippen LogP contribution >= 0.6 is 11.3 Å². The van der Waals surface area contributed by atoms with Crippen LogP contribution in [0.2, 0.25) is 0 Å². The van der Waals surface area contributed by atoms with E-state index in [-0.39, 0.29) is 17.7 Å². The second kappa shape index (κ2) is 5.06. The Bertz CT molecular complexity index is 466. The highest BCUT2D eigenvalue weighted by Crippen LogP contribution is 2.43. The summed E-state index contributed by atoms with van der Waals surface area (Å²) in [4.78, 5) is 27.4. The molecule has 1 aromatic rings. The number of aryl methyl sites for hydroxylation is 1. The van der Waals surface area contributed by atoms with Crippen LogP contribution in [0.5, 0.6) is 0 Å². The van der Waals surface area contributed by atoms with Gasteiger partial charge in [0.1, 0.15) is 4.88 Å². The van der Waals surface area contributed by atoms with Crippen molar-refractivity contribution in [3.63, 3.8) is 0 Å². The van der Waals surface area contributed by atoms with E-state index in [1.165, 1.54) is 11.3 Å². The van der Waals surface area contributed by atoms with E-state index in [1.807, 2.05) is 0 Å². The number of rotatable bonds is 5. The lowest BCUT2D eigenvalue weighted by Gasteiger charge is -2.40. The lowest BCUT2D eigenvalue weighted by molar-refractivity contribution is -0.141. The first-order chi connectivity index (χ1) is 8.52. The second-order valence-corrected chi connectivity index (χ2v) is 5.73. The largest absolute Gasteiger partial charge is 0.481 e. The summed E-state index contributed by atoms with van der Waals surface area (Å²) in [5, 5.41) is 11.7. The van der Waals surface area contributed by atoms with Crippen molar-refractivity contribution in [2.45, 2.75) is 32.6 Å². The highest BCUT2D eigenvalue weighted by Gasteiger charge is 2.39. The third kappa shape index (κ3) is 2.69. The Hall–Kier alpha value is -1.43. The molecule has 1 aromatic heterocycles. The first kappa shape index (κ1) is 13.0. The molecule has 0 bridgehead atoms. The summed E-state index contributed by atoms with van der Waals surface area (Å²) in [7, 11) is 0. The maximum absolute atomic E-state index is 11.9. The lowest BCUT2D eigenvalue weighted by atomic mass is 9.66. The number of carboxylic acids is 1. The molecular formula is C12H16N2O3S. The number of nitrogens with zero attached hydrogens (tertiary/aromatic N) is 1. The molecule has 0 aliphatic heterocycles. The lowest BCUT2D eigenvalue weighted by Crippen LogP contribution is -2.43. The normalized spacial score (nSPS) is 16.9. The van der Waals surface area contributed by atoms with Gasteiger partial charge in [0.05, 0.1) is 17.6 Å². The van der Waals surface area contributed by atoms with E-state index in [1.54, 1.807) is 12.4 Å². The molecule has 1 fully saturated rings.